The summed E-state index contributed by atoms with van der Waals surface area (Å²) in [7, 11) is 0. The fourth-order valence-corrected chi connectivity index (χ4v) is 4.28. The lowest BCUT2D eigenvalue weighted by molar-refractivity contribution is -0.119. The van der Waals surface area contributed by atoms with Crippen LogP contribution in [0.3, 0.4) is 0 Å². The Morgan fingerprint density at radius 2 is 2.03 bits per heavy atom. The summed E-state index contributed by atoms with van der Waals surface area (Å²) in [6, 6.07) is 16.2. The van der Waals surface area contributed by atoms with Crippen LogP contribution in [0.5, 0.6) is 11.5 Å². The first-order valence-corrected chi connectivity index (χ1v) is 9.45. The molecule has 0 spiro atoms. The lowest BCUT2D eigenvalue weighted by Crippen LogP contribution is -2.25. The van der Waals surface area contributed by atoms with Gasteiger partial charge in [-0.1, -0.05) is 35.6 Å². The minimum atomic E-state index is -0.714. The average molecular weight is 405 g/mol. The van der Waals surface area contributed by atoms with Crippen LogP contribution in [0.15, 0.2) is 64.8 Å². The van der Waals surface area contributed by atoms with E-state index in [9.17, 15) is 14.9 Å². The van der Waals surface area contributed by atoms with E-state index in [0.717, 1.165) is 21.4 Å². The van der Waals surface area contributed by atoms with E-state index >= 15 is 0 Å². The molecular weight excluding hydrogens is 390 g/mol. The monoisotopic (exact) mass is 405 g/mol. The normalized spacial score (nSPS) is 15.3. The van der Waals surface area contributed by atoms with Gasteiger partial charge in [-0.2, -0.15) is 5.26 Å². The maximum absolute atomic E-state index is 13.0. The molecule has 1 amide bonds. The summed E-state index contributed by atoms with van der Waals surface area (Å²) in [5.41, 5.74) is 12.3. The van der Waals surface area contributed by atoms with Gasteiger partial charge in [0.2, 0.25) is 10.6 Å². The average Bonchev–Trinajstić information content (AvgIpc) is 2.71. The Morgan fingerprint density at radius 1 is 1.24 bits per heavy atom. The number of hydrogen-bond donors (Lipinski definition) is 2. The van der Waals surface area contributed by atoms with Gasteiger partial charge >= 0.3 is 0 Å². The van der Waals surface area contributed by atoms with Gasteiger partial charge in [0.1, 0.15) is 23.1 Å². The lowest BCUT2D eigenvalue weighted by Gasteiger charge is -2.26. The van der Waals surface area contributed by atoms with E-state index in [2.05, 4.69) is 6.07 Å². The van der Waals surface area contributed by atoms with Gasteiger partial charge in [-0.15, -0.1) is 0 Å². The van der Waals surface area contributed by atoms with E-state index in [4.69, 9.17) is 20.9 Å². The Bertz CT molecular complexity index is 1270. The van der Waals surface area contributed by atoms with Crippen LogP contribution < -0.4 is 25.7 Å². The van der Waals surface area contributed by atoms with Crippen LogP contribution in [-0.4, -0.2) is 12.5 Å². The molecule has 4 rings (SSSR count). The second kappa shape index (κ2) is 7.30. The molecule has 0 radical (unpaired) electrons. The van der Waals surface area contributed by atoms with Crippen molar-refractivity contribution in [2.24, 2.45) is 11.5 Å². The van der Waals surface area contributed by atoms with E-state index in [-0.39, 0.29) is 22.8 Å². The van der Waals surface area contributed by atoms with Gasteiger partial charge in [-0.05, 0) is 29.8 Å². The molecule has 4 N–H and O–H groups in total. The van der Waals surface area contributed by atoms with Gasteiger partial charge < -0.3 is 20.9 Å². The predicted molar refractivity (Wildman–Crippen MR) is 109 cm³/mol. The molecule has 1 aromatic heterocycles. The number of rotatable bonds is 4. The first kappa shape index (κ1) is 18.5. The molecule has 0 bridgehead atoms. The molecule has 29 heavy (non-hydrogen) atoms. The number of allylic oxidation sites excluding steroid dienone is 1. The summed E-state index contributed by atoms with van der Waals surface area (Å²) in [4.78, 5) is 24.0. The third-order valence-electron chi connectivity index (χ3n) is 4.55. The zero-order chi connectivity index (χ0) is 20.5. The highest BCUT2D eigenvalue weighted by Crippen LogP contribution is 2.44. The number of benzene rings is 2. The van der Waals surface area contributed by atoms with Crippen molar-refractivity contribution < 1.29 is 14.3 Å². The largest absolute Gasteiger partial charge is 0.484 e. The minimum absolute atomic E-state index is 0.0470. The number of nitriles is 1. The molecule has 0 saturated carbocycles. The Balaban J connectivity index is 1.93. The number of fused-ring (bicyclic) bond motifs is 3. The third-order valence-corrected chi connectivity index (χ3v) is 5.53. The van der Waals surface area contributed by atoms with Crippen LogP contribution in [-0.2, 0) is 4.79 Å². The summed E-state index contributed by atoms with van der Waals surface area (Å²) in [6.07, 6.45) is 0. The van der Waals surface area contributed by atoms with Gasteiger partial charge in [-0.25, -0.2) is 0 Å². The van der Waals surface area contributed by atoms with Gasteiger partial charge in [0.05, 0.1) is 11.5 Å². The van der Waals surface area contributed by atoms with Gasteiger partial charge in [0, 0.05) is 10.1 Å². The van der Waals surface area contributed by atoms with Crippen LogP contribution in [0.1, 0.15) is 17.0 Å². The summed E-state index contributed by atoms with van der Waals surface area (Å²) in [5, 5.41) is 10.5. The van der Waals surface area contributed by atoms with Crippen LogP contribution >= 0.6 is 11.3 Å². The van der Waals surface area contributed by atoms with Gasteiger partial charge in [0.25, 0.3) is 5.91 Å². The number of nitrogens with two attached hydrogens (primary N) is 2. The number of nitrogens with zero attached hydrogens (tertiary/aromatic N) is 1. The molecule has 0 saturated heterocycles. The van der Waals surface area contributed by atoms with Crippen molar-refractivity contribution in [3.05, 3.63) is 80.7 Å². The molecule has 144 valence electrons. The first-order valence-electron chi connectivity index (χ1n) is 8.64. The highest BCUT2D eigenvalue weighted by molar-refractivity contribution is 7.16. The Hall–Kier alpha value is -3.83. The minimum Gasteiger partial charge on any atom is -0.484 e. The van der Waals surface area contributed by atoms with Crippen LogP contribution in [0.2, 0.25) is 0 Å². The molecule has 1 unspecified atom stereocenters. The van der Waals surface area contributed by atoms with Gasteiger partial charge in [-0.3, -0.25) is 9.59 Å². The SMILES string of the molecule is N#CC1=C(N)Oc2c(c(=O)sc3ccccc23)C1c1cccc(OCC(N)=O)c1. The molecule has 2 aromatic carbocycles. The number of carbonyl (C=O) groups excluding carboxylic acids is 1. The van der Waals surface area contributed by atoms with Crippen LogP contribution in [0.25, 0.3) is 10.1 Å². The molecular formula is C21H15N3O4S. The van der Waals surface area contributed by atoms with Crippen LogP contribution in [0.4, 0.5) is 0 Å². The molecule has 1 atom stereocenters. The van der Waals surface area contributed by atoms with E-state index in [1.54, 1.807) is 24.3 Å². The molecule has 1 aliphatic heterocycles. The number of primary amides is 1. The standard InChI is InChI=1S/C21H15N3O4S/c22-9-14-17(11-4-3-5-12(8-11)27-10-16(23)25)18-19(28-20(14)24)13-6-1-2-7-15(13)29-21(18)26/h1-8,17H,10,24H2,(H2,23,25). The summed E-state index contributed by atoms with van der Waals surface area (Å²) in [6.45, 7) is -0.281. The highest BCUT2D eigenvalue weighted by Gasteiger charge is 2.34. The number of amides is 1. The molecule has 0 aliphatic carbocycles. The van der Waals surface area contributed by atoms with Gasteiger partial charge in [0.15, 0.2) is 6.61 Å². The molecule has 7 nitrogen and oxygen atoms in total. The Labute approximate surface area is 169 Å². The predicted octanol–water partition coefficient (Wildman–Crippen LogP) is 2.34. The second-order valence-electron chi connectivity index (χ2n) is 6.38. The molecule has 3 aromatic rings. The third kappa shape index (κ3) is 3.28. The van der Waals surface area contributed by atoms with Crippen molar-refractivity contribution >= 4 is 27.3 Å². The molecule has 1 aliphatic rings. The molecule has 0 fully saturated rings. The Kier molecular flexibility index (Phi) is 4.66. The molecule has 2 heterocycles. The van der Waals surface area contributed by atoms with Crippen molar-refractivity contribution in [3.63, 3.8) is 0 Å². The van der Waals surface area contributed by atoms with E-state index in [1.807, 2.05) is 24.3 Å². The van der Waals surface area contributed by atoms with Crippen molar-refractivity contribution in [2.45, 2.75) is 5.92 Å². The second-order valence-corrected chi connectivity index (χ2v) is 7.40. The number of ether oxygens (including phenoxy) is 2. The van der Waals surface area contributed by atoms with E-state index < -0.39 is 11.8 Å². The molecule has 8 heteroatoms. The number of hydrogen-bond acceptors (Lipinski definition) is 7. The quantitative estimate of drug-likeness (QED) is 0.686. The Morgan fingerprint density at radius 3 is 2.79 bits per heavy atom. The van der Waals surface area contributed by atoms with Crippen molar-refractivity contribution in [2.75, 3.05) is 6.61 Å². The van der Waals surface area contributed by atoms with Crippen molar-refractivity contribution in [1.82, 2.24) is 0 Å². The van der Waals surface area contributed by atoms with Crippen molar-refractivity contribution in [3.8, 4) is 17.6 Å². The number of carbonyl (C=O) groups is 1. The maximum atomic E-state index is 13.0. The summed E-state index contributed by atoms with van der Waals surface area (Å²) >= 11 is 1.09. The zero-order valence-electron chi connectivity index (χ0n) is 15.0. The maximum Gasteiger partial charge on any atom is 0.255 e. The topological polar surface area (TPSA) is 128 Å². The first-order chi connectivity index (χ1) is 14.0. The smallest absolute Gasteiger partial charge is 0.255 e. The highest BCUT2D eigenvalue weighted by atomic mass is 32.1. The fraction of sp³-hybridized carbons (Fsp3) is 0.0952. The van der Waals surface area contributed by atoms with Crippen LogP contribution in [0, 0.1) is 11.3 Å². The summed E-state index contributed by atoms with van der Waals surface area (Å²) in [5.74, 6) is -0.622. The lowest BCUT2D eigenvalue weighted by atomic mass is 9.84. The van der Waals surface area contributed by atoms with E-state index in [0.29, 0.717) is 22.6 Å². The zero-order valence-corrected chi connectivity index (χ0v) is 15.9. The van der Waals surface area contributed by atoms with E-state index in [1.165, 1.54) is 0 Å². The summed E-state index contributed by atoms with van der Waals surface area (Å²) < 4.78 is 11.7. The fourth-order valence-electron chi connectivity index (χ4n) is 3.34. The van der Waals surface area contributed by atoms with Crippen molar-refractivity contribution in [1.29, 1.82) is 5.26 Å².